The van der Waals surface area contributed by atoms with Crippen LogP contribution in [0.15, 0.2) is 0 Å². The third-order valence-electron chi connectivity index (χ3n) is 3.67. The molecule has 2 heterocycles. The minimum Gasteiger partial charge on any atom is -0.469 e. The summed E-state index contributed by atoms with van der Waals surface area (Å²) in [4.78, 5) is 11.0. The lowest BCUT2D eigenvalue weighted by molar-refractivity contribution is -0.140. The van der Waals surface area contributed by atoms with Crippen LogP contribution in [0.4, 0.5) is 0 Å². The summed E-state index contributed by atoms with van der Waals surface area (Å²) in [5.41, 5.74) is 0. The van der Waals surface area contributed by atoms with Gasteiger partial charge in [0.1, 0.15) is 0 Å². The summed E-state index contributed by atoms with van der Waals surface area (Å²) in [5, 5.41) is 6.14. The minimum absolute atomic E-state index is 0.108. The second kappa shape index (κ2) is 5.62. The zero-order valence-corrected chi connectivity index (χ0v) is 12.4. The van der Waals surface area contributed by atoms with Crippen LogP contribution in [0, 0.1) is 0 Å². The van der Waals surface area contributed by atoms with Crippen LogP contribution in [-0.4, -0.2) is 49.7 Å². The molecule has 0 saturated carbocycles. The number of methoxy groups -OCH3 is 1. The first-order valence-electron chi connectivity index (χ1n) is 6.29. The van der Waals surface area contributed by atoms with Gasteiger partial charge in [0, 0.05) is 6.42 Å². The van der Waals surface area contributed by atoms with E-state index in [0.29, 0.717) is 30.8 Å². The zero-order valence-electron chi connectivity index (χ0n) is 10.7. The Bertz CT molecular complexity index is 477. The number of sulfone groups is 1. The van der Waals surface area contributed by atoms with Crippen molar-refractivity contribution in [3.63, 3.8) is 0 Å². The molecule has 2 aliphatic rings. The third-order valence-corrected chi connectivity index (χ3v) is 6.18. The molecule has 2 N–H and O–H groups in total. The van der Waals surface area contributed by atoms with Gasteiger partial charge in [-0.05, 0) is 25.1 Å². The van der Waals surface area contributed by atoms with Crippen molar-refractivity contribution in [3.8, 4) is 0 Å². The molecular weight excluding hydrogens is 288 g/mol. The topological polar surface area (TPSA) is 84.5 Å². The van der Waals surface area contributed by atoms with E-state index in [9.17, 15) is 13.2 Å². The predicted molar refractivity (Wildman–Crippen MR) is 74.5 cm³/mol. The van der Waals surface area contributed by atoms with Gasteiger partial charge in [0.25, 0.3) is 0 Å². The van der Waals surface area contributed by atoms with Crippen LogP contribution >= 0.6 is 12.2 Å². The van der Waals surface area contributed by atoms with Gasteiger partial charge in [-0.3, -0.25) is 4.79 Å². The highest BCUT2D eigenvalue weighted by atomic mass is 32.2. The number of hydrogen-bond donors (Lipinski definition) is 2. The van der Waals surface area contributed by atoms with Gasteiger partial charge in [-0.2, -0.15) is 0 Å². The lowest BCUT2D eigenvalue weighted by Crippen LogP contribution is -2.38. The van der Waals surface area contributed by atoms with Gasteiger partial charge in [0.2, 0.25) is 0 Å². The molecule has 0 amide bonds. The summed E-state index contributed by atoms with van der Waals surface area (Å²) < 4.78 is 28.7. The Morgan fingerprint density at radius 1 is 1.42 bits per heavy atom. The lowest BCUT2D eigenvalue weighted by Gasteiger charge is -2.16. The maximum Gasteiger partial charge on any atom is 0.305 e. The predicted octanol–water partition coefficient (Wildman–Crippen LogP) is -0.268. The molecule has 0 radical (unpaired) electrons. The Morgan fingerprint density at radius 2 is 2.16 bits per heavy atom. The highest BCUT2D eigenvalue weighted by Gasteiger charge is 2.50. The number of ether oxygens (including phenoxy) is 1. The Morgan fingerprint density at radius 3 is 2.84 bits per heavy atom. The van der Waals surface area contributed by atoms with Gasteiger partial charge in [0.05, 0.1) is 30.2 Å². The summed E-state index contributed by atoms with van der Waals surface area (Å²) in [6.45, 7) is 0. The molecule has 0 bridgehead atoms. The number of carbonyl (C=O) groups excluding carboxylic acids is 1. The number of thiocarbonyl (C=S) groups is 1. The number of fused-ring (bicyclic) bond motifs is 1. The molecule has 2 fully saturated rings. The van der Waals surface area contributed by atoms with Crippen molar-refractivity contribution in [2.75, 3.05) is 12.9 Å². The maximum atomic E-state index is 12.1. The summed E-state index contributed by atoms with van der Waals surface area (Å²) in [6, 6.07) is -0.237. The summed E-state index contributed by atoms with van der Waals surface area (Å²) in [7, 11) is -1.73. The summed E-state index contributed by atoms with van der Waals surface area (Å²) in [6.07, 6.45) is 2.23. The fourth-order valence-corrected chi connectivity index (χ4v) is 5.28. The van der Waals surface area contributed by atoms with Gasteiger partial charge >= 0.3 is 5.97 Å². The SMILES string of the molecule is COC(=O)CCCCC1C2NC(=S)NC2CS1(=O)=O. The maximum absolute atomic E-state index is 12.1. The van der Waals surface area contributed by atoms with E-state index >= 15 is 0 Å². The molecule has 0 aromatic heterocycles. The van der Waals surface area contributed by atoms with Gasteiger partial charge in [-0.15, -0.1) is 0 Å². The number of esters is 1. The van der Waals surface area contributed by atoms with E-state index < -0.39 is 15.1 Å². The number of rotatable bonds is 5. The van der Waals surface area contributed by atoms with Crippen LogP contribution in [0.2, 0.25) is 0 Å². The third kappa shape index (κ3) is 3.17. The van der Waals surface area contributed by atoms with Crippen LogP contribution in [0.3, 0.4) is 0 Å². The van der Waals surface area contributed by atoms with Crippen LogP contribution in [0.5, 0.6) is 0 Å². The molecule has 0 aromatic carbocycles. The fourth-order valence-electron chi connectivity index (χ4n) is 2.72. The summed E-state index contributed by atoms with van der Waals surface area (Å²) in [5.74, 6) is -0.124. The van der Waals surface area contributed by atoms with Gasteiger partial charge in [0.15, 0.2) is 14.9 Å². The molecular formula is C11H18N2O4S2. The molecule has 2 saturated heterocycles. The monoisotopic (exact) mass is 306 g/mol. The van der Waals surface area contributed by atoms with Crippen molar-refractivity contribution in [1.82, 2.24) is 10.6 Å². The van der Waals surface area contributed by atoms with Crippen molar-refractivity contribution in [1.29, 1.82) is 0 Å². The highest BCUT2D eigenvalue weighted by molar-refractivity contribution is 7.92. The van der Waals surface area contributed by atoms with E-state index in [-0.39, 0.29) is 23.8 Å². The van der Waals surface area contributed by atoms with Crippen LogP contribution in [0.25, 0.3) is 0 Å². The molecule has 0 aromatic rings. The second-order valence-corrected chi connectivity index (χ2v) is 7.61. The van der Waals surface area contributed by atoms with Crippen molar-refractivity contribution < 1.29 is 17.9 Å². The number of unbranched alkanes of at least 4 members (excludes halogenated alkanes) is 1. The molecule has 2 aliphatic heterocycles. The Balaban J connectivity index is 1.87. The normalized spacial score (nSPS) is 31.4. The Hall–Kier alpha value is -0.890. The molecule has 19 heavy (non-hydrogen) atoms. The van der Waals surface area contributed by atoms with E-state index in [4.69, 9.17) is 12.2 Å². The first-order chi connectivity index (χ1) is 8.94. The van der Waals surface area contributed by atoms with Crippen molar-refractivity contribution in [2.24, 2.45) is 0 Å². The zero-order chi connectivity index (χ0) is 14.0. The largest absolute Gasteiger partial charge is 0.469 e. The van der Waals surface area contributed by atoms with E-state index in [1.165, 1.54) is 7.11 Å². The Kier molecular flexibility index (Phi) is 4.29. The van der Waals surface area contributed by atoms with E-state index in [1.807, 2.05) is 0 Å². The lowest BCUT2D eigenvalue weighted by atomic mass is 10.0. The van der Waals surface area contributed by atoms with E-state index in [1.54, 1.807) is 0 Å². The molecule has 0 aliphatic carbocycles. The molecule has 108 valence electrons. The molecule has 3 atom stereocenters. The van der Waals surface area contributed by atoms with Gasteiger partial charge < -0.3 is 15.4 Å². The standard InChI is InChI=1S/C11H18N2O4S2/c1-17-9(14)5-3-2-4-8-10-7(6-19(8,15)16)12-11(18)13-10/h7-8,10H,2-6H2,1H3,(H2,12,13,18). The number of nitrogens with one attached hydrogen (secondary N) is 2. The second-order valence-electron chi connectivity index (χ2n) is 4.94. The fraction of sp³-hybridized carbons (Fsp3) is 0.818. The van der Waals surface area contributed by atoms with Crippen molar-refractivity contribution in [3.05, 3.63) is 0 Å². The average Bonchev–Trinajstić information content (AvgIpc) is 2.77. The highest BCUT2D eigenvalue weighted by Crippen LogP contribution is 2.28. The number of carbonyl (C=O) groups is 1. The quantitative estimate of drug-likeness (QED) is 0.411. The van der Waals surface area contributed by atoms with Crippen molar-refractivity contribution >= 4 is 33.1 Å². The first kappa shape index (κ1) is 14.5. The number of hydrogen-bond acceptors (Lipinski definition) is 5. The average molecular weight is 306 g/mol. The Labute approximate surface area is 118 Å². The smallest absolute Gasteiger partial charge is 0.305 e. The molecule has 2 rings (SSSR count). The van der Waals surface area contributed by atoms with Gasteiger partial charge in [-0.1, -0.05) is 6.42 Å². The summed E-state index contributed by atoms with van der Waals surface area (Å²) >= 11 is 5.01. The van der Waals surface area contributed by atoms with Gasteiger partial charge in [-0.25, -0.2) is 8.42 Å². The molecule has 8 heteroatoms. The van der Waals surface area contributed by atoms with Crippen LogP contribution in [-0.2, 0) is 19.4 Å². The van der Waals surface area contributed by atoms with Crippen molar-refractivity contribution in [2.45, 2.75) is 43.0 Å². The first-order valence-corrected chi connectivity index (χ1v) is 8.42. The minimum atomic E-state index is -3.08. The molecule has 6 nitrogen and oxygen atoms in total. The van der Waals surface area contributed by atoms with Crippen LogP contribution < -0.4 is 10.6 Å². The van der Waals surface area contributed by atoms with E-state index in [0.717, 1.165) is 0 Å². The van der Waals surface area contributed by atoms with Crippen LogP contribution in [0.1, 0.15) is 25.7 Å². The molecule has 3 unspecified atom stereocenters. The van der Waals surface area contributed by atoms with E-state index in [2.05, 4.69) is 15.4 Å². The molecule has 0 spiro atoms.